The molecule has 0 unspecified atom stereocenters. The molecular weight excluding hydrogens is 420 g/mol. The van der Waals surface area contributed by atoms with Gasteiger partial charge in [-0.3, -0.25) is 14.5 Å². The minimum Gasteiger partial charge on any atom is -0.379 e. The van der Waals surface area contributed by atoms with E-state index >= 15 is 0 Å². The van der Waals surface area contributed by atoms with E-state index in [0.717, 1.165) is 48.7 Å². The predicted octanol–water partition coefficient (Wildman–Crippen LogP) is 3.61. The van der Waals surface area contributed by atoms with Crippen molar-refractivity contribution in [3.63, 3.8) is 0 Å². The molecule has 1 amide bonds. The molecular formula is C23H23ClN2O3S. The first-order chi connectivity index (χ1) is 14.6. The predicted molar refractivity (Wildman–Crippen MR) is 121 cm³/mol. The molecule has 2 aromatic carbocycles. The van der Waals surface area contributed by atoms with Crippen LogP contribution < -0.4 is 10.7 Å². The molecule has 1 fully saturated rings. The maximum atomic E-state index is 13.0. The van der Waals surface area contributed by atoms with Gasteiger partial charge in [0.05, 0.1) is 19.6 Å². The van der Waals surface area contributed by atoms with Gasteiger partial charge in [-0.25, -0.2) is 0 Å². The highest BCUT2D eigenvalue weighted by atomic mass is 35.5. The van der Waals surface area contributed by atoms with Crippen LogP contribution in [0.1, 0.15) is 16.7 Å². The molecule has 0 bridgehead atoms. The Hall–Kier alpha value is -2.25. The summed E-state index contributed by atoms with van der Waals surface area (Å²) in [6.45, 7) is 4.51. The number of hydrogen-bond acceptors (Lipinski definition) is 5. The second-order valence-electron chi connectivity index (χ2n) is 7.39. The van der Waals surface area contributed by atoms with Gasteiger partial charge in [0, 0.05) is 46.9 Å². The molecule has 156 valence electrons. The summed E-state index contributed by atoms with van der Waals surface area (Å²) in [5, 5.41) is 6.02. The molecule has 7 heteroatoms. The Morgan fingerprint density at radius 2 is 1.83 bits per heavy atom. The Morgan fingerprint density at radius 1 is 1.10 bits per heavy atom. The van der Waals surface area contributed by atoms with Crippen molar-refractivity contribution < 1.29 is 9.53 Å². The van der Waals surface area contributed by atoms with Crippen molar-refractivity contribution in [2.24, 2.45) is 0 Å². The van der Waals surface area contributed by atoms with Crippen LogP contribution in [-0.4, -0.2) is 37.1 Å². The fourth-order valence-corrected chi connectivity index (χ4v) is 4.51. The summed E-state index contributed by atoms with van der Waals surface area (Å²) in [4.78, 5) is 27.7. The number of nitrogens with zero attached hydrogens (tertiary/aromatic N) is 1. The topological polar surface area (TPSA) is 58.6 Å². The van der Waals surface area contributed by atoms with Crippen molar-refractivity contribution in [2.45, 2.75) is 19.5 Å². The Morgan fingerprint density at radius 3 is 2.60 bits per heavy atom. The average molecular weight is 443 g/mol. The second kappa shape index (κ2) is 9.71. The van der Waals surface area contributed by atoms with Crippen LogP contribution in [-0.2, 0) is 29.0 Å². The number of carbonyl (C=O) groups is 1. The molecule has 5 nitrogen and oxygen atoms in total. The van der Waals surface area contributed by atoms with Gasteiger partial charge in [0.15, 0.2) is 5.43 Å². The molecule has 0 atom stereocenters. The van der Waals surface area contributed by atoms with E-state index in [-0.39, 0.29) is 17.8 Å². The lowest BCUT2D eigenvalue weighted by Gasteiger charge is -2.26. The largest absolute Gasteiger partial charge is 0.379 e. The monoisotopic (exact) mass is 442 g/mol. The van der Waals surface area contributed by atoms with E-state index in [2.05, 4.69) is 16.3 Å². The summed E-state index contributed by atoms with van der Waals surface area (Å²) in [5.41, 5.74) is 2.54. The molecule has 0 saturated carbocycles. The fraction of sp³-hybridized carbons (Fsp3) is 0.304. The SMILES string of the molecule is O=C(Cc1csc2ccc(CN3CCOCC3)cc2c1=O)NCc1ccc(Cl)cc1. The van der Waals surface area contributed by atoms with E-state index in [4.69, 9.17) is 16.3 Å². The van der Waals surface area contributed by atoms with Crippen LogP contribution in [0.5, 0.6) is 0 Å². The van der Waals surface area contributed by atoms with E-state index in [1.807, 2.05) is 24.3 Å². The minimum absolute atomic E-state index is 0.0609. The highest BCUT2D eigenvalue weighted by Crippen LogP contribution is 2.20. The maximum absolute atomic E-state index is 13.0. The lowest BCUT2D eigenvalue weighted by molar-refractivity contribution is -0.120. The molecule has 30 heavy (non-hydrogen) atoms. The summed E-state index contributed by atoms with van der Waals surface area (Å²) < 4.78 is 6.34. The molecule has 1 N–H and O–H groups in total. The number of rotatable bonds is 6. The van der Waals surface area contributed by atoms with Crippen LogP contribution >= 0.6 is 22.9 Å². The van der Waals surface area contributed by atoms with Crippen molar-refractivity contribution in [1.82, 2.24) is 10.2 Å². The third-order valence-electron chi connectivity index (χ3n) is 5.17. The van der Waals surface area contributed by atoms with E-state index in [1.54, 1.807) is 17.5 Å². The van der Waals surface area contributed by atoms with E-state index in [1.165, 1.54) is 11.3 Å². The molecule has 0 radical (unpaired) electrons. The van der Waals surface area contributed by atoms with Crippen molar-refractivity contribution in [2.75, 3.05) is 26.3 Å². The third-order valence-corrected chi connectivity index (χ3v) is 6.44. The number of morpholine rings is 1. The van der Waals surface area contributed by atoms with Crippen LogP contribution in [0.2, 0.25) is 5.02 Å². The van der Waals surface area contributed by atoms with Crippen LogP contribution in [0, 0.1) is 0 Å². The average Bonchev–Trinajstić information content (AvgIpc) is 2.76. The summed E-state index contributed by atoms with van der Waals surface area (Å²) in [5.74, 6) is -0.168. The Labute approximate surface area is 184 Å². The molecule has 3 aromatic rings. The van der Waals surface area contributed by atoms with Gasteiger partial charge in [-0.05, 0) is 40.8 Å². The number of halogens is 1. The molecule has 1 aliphatic heterocycles. The minimum atomic E-state index is -0.168. The van der Waals surface area contributed by atoms with Gasteiger partial charge in [0.25, 0.3) is 0 Å². The molecule has 2 heterocycles. The van der Waals surface area contributed by atoms with E-state index < -0.39 is 0 Å². The van der Waals surface area contributed by atoms with Gasteiger partial charge in [0.2, 0.25) is 5.91 Å². The highest BCUT2D eigenvalue weighted by molar-refractivity contribution is 7.16. The zero-order chi connectivity index (χ0) is 20.9. The Balaban J connectivity index is 1.45. The normalized spacial score (nSPS) is 14.7. The number of amides is 1. The van der Waals surface area contributed by atoms with E-state index in [0.29, 0.717) is 22.5 Å². The van der Waals surface area contributed by atoms with Crippen molar-refractivity contribution in [3.05, 3.63) is 79.8 Å². The van der Waals surface area contributed by atoms with Crippen LogP contribution in [0.3, 0.4) is 0 Å². The number of nitrogens with one attached hydrogen (secondary N) is 1. The molecule has 0 spiro atoms. The lowest BCUT2D eigenvalue weighted by Crippen LogP contribution is -2.35. The van der Waals surface area contributed by atoms with Crippen molar-refractivity contribution in [1.29, 1.82) is 0 Å². The molecule has 1 aliphatic rings. The number of carbonyl (C=O) groups excluding carboxylic acids is 1. The number of benzene rings is 2. The van der Waals surface area contributed by atoms with Crippen LogP contribution in [0.4, 0.5) is 0 Å². The first-order valence-corrected chi connectivity index (χ1v) is 11.2. The smallest absolute Gasteiger partial charge is 0.224 e. The maximum Gasteiger partial charge on any atom is 0.224 e. The Kier molecular flexibility index (Phi) is 6.79. The van der Waals surface area contributed by atoms with Crippen LogP contribution in [0.25, 0.3) is 10.1 Å². The first kappa shape index (κ1) is 21.0. The summed E-state index contributed by atoms with van der Waals surface area (Å²) >= 11 is 7.39. The first-order valence-electron chi connectivity index (χ1n) is 9.93. The van der Waals surface area contributed by atoms with Gasteiger partial charge in [0.1, 0.15) is 0 Å². The second-order valence-corrected chi connectivity index (χ2v) is 8.74. The zero-order valence-corrected chi connectivity index (χ0v) is 18.1. The number of fused-ring (bicyclic) bond motifs is 1. The highest BCUT2D eigenvalue weighted by Gasteiger charge is 2.13. The van der Waals surface area contributed by atoms with Gasteiger partial charge >= 0.3 is 0 Å². The summed E-state index contributed by atoms with van der Waals surface area (Å²) in [6.07, 6.45) is 0.0759. The van der Waals surface area contributed by atoms with Gasteiger partial charge in [-0.15, -0.1) is 11.3 Å². The van der Waals surface area contributed by atoms with Gasteiger partial charge in [-0.1, -0.05) is 29.8 Å². The van der Waals surface area contributed by atoms with Gasteiger partial charge in [-0.2, -0.15) is 0 Å². The number of hydrogen-bond donors (Lipinski definition) is 1. The van der Waals surface area contributed by atoms with Crippen molar-refractivity contribution >= 4 is 38.9 Å². The zero-order valence-electron chi connectivity index (χ0n) is 16.5. The Bertz CT molecular complexity index is 1090. The number of ether oxygens (including phenoxy) is 1. The fourth-order valence-electron chi connectivity index (χ4n) is 3.49. The van der Waals surface area contributed by atoms with Crippen molar-refractivity contribution in [3.8, 4) is 0 Å². The van der Waals surface area contributed by atoms with E-state index in [9.17, 15) is 9.59 Å². The van der Waals surface area contributed by atoms with Crippen LogP contribution in [0.15, 0.2) is 52.6 Å². The lowest BCUT2D eigenvalue weighted by atomic mass is 10.1. The molecule has 0 aliphatic carbocycles. The van der Waals surface area contributed by atoms with Gasteiger partial charge < -0.3 is 10.1 Å². The standard InChI is InChI=1S/C23H23ClN2O3S/c24-19-4-1-16(2-5-19)13-25-22(27)12-18-15-30-21-6-3-17(11-20(21)23(18)28)14-26-7-9-29-10-8-26/h1-6,11,15H,7-10,12-14H2,(H,25,27). The molecule has 4 rings (SSSR count). The third kappa shape index (κ3) is 5.26. The molecule has 1 saturated heterocycles. The summed E-state index contributed by atoms with van der Waals surface area (Å²) in [7, 11) is 0. The molecule has 1 aromatic heterocycles. The summed E-state index contributed by atoms with van der Waals surface area (Å²) in [6, 6.07) is 13.4. The quantitative estimate of drug-likeness (QED) is 0.633.